The molecule has 10 heteroatoms. The summed E-state index contributed by atoms with van der Waals surface area (Å²) in [6.07, 6.45) is 3.06. The quantitative estimate of drug-likeness (QED) is 0.456. The average molecular weight is 426 g/mol. The summed E-state index contributed by atoms with van der Waals surface area (Å²) in [5, 5.41) is 10.7. The van der Waals surface area contributed by atoms with Gasteiger partial charge in [-0.05, 0) is 36.4 Å². The molecule has 0 amide bonds. The standard InChI is InChI=1S/C16H8Cl4N6/c17-9-1-3-13(11(19)5-9)25-7-21-15(23-25)16-22-8-26(24-16)14-4-2-10(18)6-12(14)20/h1-8H. The van der Waals surface area contributed by atoms with Crippen molar-refractivity contribution in [1.82, 2.24) is 29.5 Å². The van der Waals surface area contributed by atoms with Crippen LogP contribution in [0, 0.1) is 0 Å². The Kier molecular flexibility index (Phi) is 4.58. The fourth-order valence-electron chi connectivity index (χ4n) is 2.30. The van der Waals surface area contributed by atoms with E-state index in [4.69, 9.17) is 46.4 Å². The van der Waals surface area contributed by atoms with Crippen LogP contribution in [-0.4, -0.2) is 29.5 Å². The zero-order valence-electron chi connectivity index (χ0n) is 12.8. The first kappa shape index (κ1) is 17.3. The Morgan fingerprint density at radius 3 is 1.42 bits per heavy atom. The molecule has 2 aromatic heterocycles. The molecule has 2 heterocycles. The topological polar surface area (TPSA) is 61.4 Å². The third-order valence-electron chi connectivity index (χ3n) is 3.50. The van der Waals surface area contributed by atoms with E-state index < -0.39 is 0 Å². The summed E-state index contributed by atoms with van der Waals surface area (Å²) >= 11 is 24.2. The minimum absolute atomic E-state index is 0.347. The van der Waals surface area contributed by atoms with Crippen molar-refractivity contribution in [2.45, 2.75) is 0 Å². The number of hydrogen-bond acceptors (Lipinski definition) is 4. The Morgan fingerprint density at radius 1 is 0.615 bits per heavy atom. The van der Waals surface area contributed by atoms with Crippen molar-refractivity contribution in [3.05, 3.63) is 69.1 Å². The molecule has 0 unspecified atom stereocenters. The maximum Gasteiger partial charge on any atom is 0.221 e. The summed E-state index contributed by atoms with van der Waals surface area (Å²) in [7, 11) is 0. The van der Waals surface area contributed by atoms with Gasteiger partial charge < -0.3 is 0 Å². The molecule has 0 atom stereocenters. The highest BCUT2D eigenvalue weighted by atomic mass is 35.5. The highest BCUT2D eigenvalue weighted by Crippen LogP contribution is 2.26. The molecule has 0 saturated carbocycles. The Bertz CT molecular complexity index is 1020. The second-order valence-corrected chi connectivity index (χ2v) is 6.90. The number of nitrogens with zero attached hydrogens (tertiary/aromatic N) is 6. The van der Waals surface area contributed by atoms with Gasteiger partial charge in [-0.3, -0.25) is 0 Å². The molecule has 0 aliphatic carbocycles. The van der Waals surface area contributed by atoms with Gasteiger partial charge in [0.1, 0.15) is 12.7 Å². The smallest absolute Gasteiger partial charge is 0.219 e. The molecule has 0 N–H and O–H groups in total. The van der Waals surface area contributed by atoms with Crippen molar-refractivity contribution in [3.63, 3.8) is 0 Å². The van der Waals surface area contributed by atoms with Crippen molar-refractivity contribution < 1.29 is 0 Å². The molecule has 0 aliphatic rings. The summed E-state index contributed by atoms with van der Waals surface area (Å²) in [5.74, 6) is 0.694. The zero-order valence-corrected chi connectivity index (χ0v) is 15.8. The van der Waals surface area contributed by atoms with Crippen LogP contribution in [0.1, 0.15) is 0 Å². The summed E-state index contributed by atoms with van der Waals surface area (Å²) in [6.45, 7) is 0. The van der Waals surface area contributed by atoms with E-state index in [0.29, 0.717) is 43.1 Å². The van der Waals surface area contributed by atoms with Crippen molar-refractivity contribution in [1.29, 1.82) is 0 Å². The lowest BCUT2D eigenvalue weighted by molar-refractivity contribution is 0.864. The van der Waals surface area contributed by atoms with E-state index in [1.54, 1.807) is 36.4 Å². The van der Waals surface area contributed by atoms with Crippen LogP contribution in [-0.2, 0) is 0 Å². The van der Waals surface area contributed by atoms with Gasteiger partial charge in [0.2, 0.25) is 11.6 Å². The minimum Gasteiger partial charge on any atom is -0.219 e. The normalized spacial score (nSPS) is 11.1. The van der Waals surface area contributed by atoms with Crippen molar-refractivity contribution >= 4 is 46.4 Å². The fraction of sp³-hybridized carbons (Fsp3) is 0. The van der Waals surface area contributed by atoms with Crippen LogP contribution in [0.2, 0.25) is 20.1 Å². The van der Waals surface area contributed by atoms with Gasteiger partial charge in [0.05, 0.1) is 21.4 Å². The van der Waals surface area contributed by atoms with Gasteiger partial charge in [-0.25, -0.2) is 19.3 Å². The maximum absolute atomic E-state index is 6.20. The number of rotatable bonds is 3. The lowest BCUT2D eigenvalue weighted by atomic mass is 10.3. The van der Waals surface area contributed by atoms with Gasteiger partial charge in [-0.2, -0.15) is 0 Å². The van der Waals surface area contributed by atoms with Gasteiger partial charge in [0.15, 0.2) is 0 Å². The molecular formula is C16H8Cl4N6. The first-order chi connectivity index (χ1) is 12.5. The molecular weight excluding hydrogens is 418 g/mol. The van der Waals surface area contributed by atoms with Gasteiger partial charge in [0.25, 0.3) is 0 Å². The second-order valence-electron chi connectivity index (χ2n) is 5.22. The molecule has 0 fully saturated rings. The maximum atomic E-state index is 6.20. The Morgan fingerprint density at radius 2 is 1.04 bits per heavy atom. The molecule has 0 bridgehead atoms. The molecule has 0 aliphatic heterocycles. The predicted octanol–water partition coefficient (Wildman–Crippen LogP) is 5.13. The van der Waals surface area contributed by atoms with Crippen LogP contribution in [0.15, 0.2) is 49.1 Å². The molecule has 4 aromatic rings. The first-order valence-corrected chi connectivity index (χ1v) is 8.77. The summed E-state index contributed by atoms with van der Waals surface area (Å²) in [4.78, 5) is 8.48. The number of aromatic nitrogens is 6. The van der Waals surface area contributed by atoms with Crippen molar-refractivity contribution in [2.75, 3.05) is 0 Å². The van der Waals surface area contributed by atoms with Crippen molar-refractivity contribution in [2.24, 2.45) is 0 Å². The second kappa shape index (κ2) is 6.89. The average Bonchev–Trinajstić information content (AvgIpc) is 3.24. The summed E-state index contributed by atoms with van der Waals surface area (Å²) < 4.78 is 3.06. The largest absolute Gasteiger partial charge is 0.221 e. The lowest BCUT2D eigenvalue weighted by Crippen LogP contribution is -1.98. The van der Waals surface area contributed by atoms with E-state index in [-0.39, 0.29) is 0 Å². The molecule has 0 spiro atoms. The monoisotopic (exact) mass is 424 g/mol. The Labute approximate surface area is 167 Å². The van der Waals surface area contributed by atoms with Crippen LogP contribution < -0.4 is 0 Å². The van der Waals surface area contributed by atoms with Gasteiger partial charge in [-0.15, -0.1) is 10.2 Å². The Hall–Kier alpha value is -2.12. The molecule has 6 nitrogen and oxygen atoms in total. The molecule has 130 valence electrons. The van der Waals surface area contributed by atoms with Crippen LogP contribution in [0.25, 0.3) is 23.0 Å². The number of benzene rings is 2. The van der Waals surface area contributed by atoms with Gasteiger partial charge in [0, 0.05) is 10.0 Å². The van der Waals surface area contributed by atoms with E-state index in [0.717, 1.165) is 0 Å². The van der Waals surface area contributed by atoms with Crippen LogP contribution in [0.4, 0.5) is 0 Å². The zero-order chi connectivity index (χ0) is 18.3. The minimum atomic E-state index is 0.347. The molecule has 2 aromatic carbocycles. The van der Waals surface area contributed by atoms with Crippen LogP contribution in [0.5, 0.6) is 0 Å². The molecule has 0 radical (unpaired) electrons. The number of hydrogen-bond donors (Lipinski definition) is 0. The third-order valence-corrected chi connectivity index (χ3v) is 4.57. The van der Waals surface area contributed by atoms with Crippen LogP contribution >= 0.6 is 46.4 Å². The van der Waals surface area contributed by atoms with Gasteiger partial charge in [-0.1, -0.05) is 46.4 Å². The third kappa shape index (κ3) is 3.29. The molecule has 0 saturated heterocycles. The predicted molar refractivity (Wildman–Crippen MR) is 102 cm³/mol. The van der Waals surface area contributed by atoms with E-state index >= 15 is 0 Å². The van der Waals surface area contributed by atoms with E-state index in [1.165, 1.54) is 22.0 Å². The first-order valence-electron chi connectivity index (χ1n) is 7.26. The van der Waals surface area contributed by atoms with Crippen molar-refractivity contribution in [3.8, 4) is 23.0 Å². The lowest BCUT2D eigenvalue weighted by Gasteiger charge is -2.03. The van der Waals surface area contributed by atoms with E-state index in [1.807, 2.05) is 0 Å². The number of halogens is 4. The fourth-order valence-corrected chi connectivity index (χ4v) is 3.29. The highest BCUT2D eigenvalue weighted by molar-refractivity contribution is 6.36. The summed E-state index contributed by atoms with van der Waals surface area (Å²) in [5.41, 5.74) is 1.30. The highest BCUT2D eigenvalue weighted by Gasteiger charge is 2.14. The van der Waals surface area contributed by atoms with Gasteiger partial charge >= 0.3 is 0 Å². The molecule has 26 heavy (non-hydrogen) atoms. The molecule has 4 rings (SSSR count). The van der Waals surface area contributed by atoms with E-state index in [2.05, 4.69) is 20.2 Å². The van der Waals surface area contributed by atoms with Crippen LogP contribution in [0.3, 0.4) is 0 Å². The Balaban J connectivity index is 1.67. The summed E-state index contributed by atoms with van der Waals surface area (Å²) in [6, 6.07) is 10.2. The van der Waals surface area contributed by atoms with E-state index in [9.17, 15) is 0 Å². The SMILES string of the molecule is Clc1ccc(-n2cnc(-c3ncn(-c4ccc(Cl)cc4Cl)n3)n2)c(Cl)c1.